The Morgan fingerprint density at radius 3 is 2.32 bits per heavy atom. The summed E-state index contributed by atoms with van der Waals surface area (Å²) in [7, 11) is 1.44. The number of halogens is 3. The second-order valence-corrected chi connectivity index (χ2v) is 11.1. The maximum atomic E-state index is 14.7. The van der Waals surface area contributed by atoms with E-state index in [1.165, 1.54) is 25.3 Å². The van der Waals surface area contributed by atoms with Crippen molar-refractivity contribution in [2.24, 2.45) is 0 Å². The topological polar surface area (TPSA) is 80.7 Å². The van der Waals surface area contributed by atoms with Gasteiger partial charge in [-0.3, -0.25) is 4.79 Å². The Labute approximate surface area is 238 Å². The Hall–Kier alpha value is -3.43. The molecule has 1 heterocycles. The molecule has 6 nitrogen and oxygen atoms in total. The van der Waals surface area contributed by atoms with Crippen LogP contribution in [0.2, 0.25) is 0 Å². The lowest BCUT2D eigenvalue weighted by Crippen LogP contribution is -2.44. The van der Waals surface area contributed by atoms with Gasteiger partial charge in [0.1, 0.15) is 0 Å². The normalized spacial score (nSPS) is 15.3. The van der Waals surface area contributed by atoms with Crippen molar-refractivity contribution in [2.45, 2.75) is 76.8 Å². The third-order valence-electron chi connectivity index (χ3n) is 7.42. The van der Waals surface area contributed by atoms with Crippen molar-refractivity contribution < 1.29 is 32.5 Å². The molecule has 1 saturated carbocycles. The summed E-state index contributed by atoms with van der Waals surface area (Å²) < 4.78 is 55.1. The molecule has 1 aromatic heterocycles. The van der Waals surface area contributed by atoms with E-state index in [0.29, 0.717) is 34.9 Å². The van der Waals surface area contributed by atoms with Crippen molar-refractivity contribution in [1.29, 1.82) is 0 Å². The first kappa shape index (κ1) is 30.5. The first-order valence-corrected chi connectivity index (χ1v) is 13.8. The Morgan fingerprint density at radius 2 is 1.73 bits per heavy atom. The zero-order chi connectivity index (χ0) is 30.0. The Balaban J connectivity index is 1.70. The zero-order valence-electron chi connectivity index (χ0n) is 24.1. The minimum absolute atomic E-state index is 0.109. The van der Waals surface area contributed by atoms with Gasteiger partial charge in [0.25, 0.3) is 0 Å². The SMILES string of the molecule is CCNC(C)(C)c1cc(-c2ccc(C)cc2)nc(C(O)(CCC(=O)c2ccc(OC3CC3)c(OC)c2)C(F)(F)F)c1. The van der Waals surface area contributed by atoms with E-state index in [1.54, 1.807) is 24.3 Å². The first-order chi connectivity index (χ1) is 19.3. The smallest absolute Gasteiger partial charge is 0.422 e. The molecule has 1 fully saturated rings. The van der Waals surface area contributed by atoms with E-state index < -0.39 is 41.6 Å². The molecule has 0 amide bonds. The van der Waals surface area contributed by atoms with Crippen molar-refractivity contribution in [2.75, 3.05) is 13.7 Å². The number of hydrogen-bond acceptors (Lipinski definition) is 6. The van der Waals surface area contributed by atoms with Gasteiger partial charge in [-0.05, 0) is 82.5 Å². The fourth-order valence-electron chi connectivity index (χ4n) is 4.68. The summed E-state index contributed by atoms with van der Waals surface area (Å²) in [4.78, 5) is 17.4. The van der Waals surface area contributed by atoms with E-state index in [0.717, 1.165) is 18.4 Å². The maximum absolute atomic E-state index is 14.7. The van der Waals surface area contributed by atoms with E-state index in [-0.39, 0.29) is 11.7 Å². The second-order valence-electron chi connectivity index (χ2n) is 11.1. The van der Waals surface area contributed by atoms with Gasteiger partial charge in [0.2, 0.25) is 5.60 Å². The number of nitrogens with zero attached hydrogens (tertiary/aromatic N) is 1. The highest BCUT2D eigenvalue weighted by Gasteiger charge is 2.56. The van der Waals surface area contributed by atoms with Gasteiger partial charge < -0.3 is 19.9 Å². The van der Waals surface area contributed by atoms with E-state index >= 15 is 0 Å². The molecule has 0 aliphatic heterocycles. The molecule has 41 heavy (non-hydrogen) atoms. The number of carbonyl (C=O) groups excluding carboxylic acids is 1. The standard InChI is InChI=1S/C32H37F3N2O4/c1-6-36-30(3,4)23-18-25(21-9-7-20(2)8-10-21)37-29(19-23)31(39,32(33,34)35)16-15-26(38)22-11-14-27(28(17-22)40-5)41-24-12-13-24/h7-11,14,17-19,24,36,39H,6,12-13,15-16H2,1-5H3. The lowest BCUT2D eigenvalue weighted by molar-refractivity contribution is -0.270. The van der Waals surface area contributed by atoms with Crippen molar-refractivity contribution in [3.63, 3.8) is 0 Å². The van der Waals surface area contributed by atoms with E-state index in [2.05, 4.69) is 10.3 Å². The number of methoxy groups -OCH3 is 1. The number of benzene rings is 2. The van der Waals surface area contributed by atoms with Crippen LogP contribution in [0.1, 0.15) is 73.6 Å². The molecule has 9 heteroatoms. The van der Waals surface area contributed by atoms with Crippen molar-refractivity contribution in [3.05, 3.63) is 77.0 Å². The molecule has 2 N–H and O–H groups in total. The zero-order valence-corrected chi connectivity index (χ0v) is 24.1. The van der Waals surface area contributed by atoms with Crippen LogP contribution >= 0.6 is 0 Å². The Bertz CT molecular complexity index is 1380. The number of aromatic nitrogens is 1. The molecule has 1 unspecified atom stereocenters. The minimum atomic E-state index is -5.09. The lowest BCUT2D eigenvalue weighted by atomic mass is 9.86. The number of ketones is 1. The van der Waals surface area contributed by atoms with Gasteiger partial charge in [0, 0.05) is 23.1 Å². The summed E-state index contributed by atoms with van der Waals surface area (Å²) in [6.07, 6.45) is -4.57. The molecule has 1 aliphatic rings. The molecule has 0 radical (unpaired) electrons. The summed E-state index contributed by atoms with van der Waals surface area (Å²) >= 11 is 0. The summed E-state index contributed by atoms with van der Waals surface area (Å²) in [5.74, 6) is 0.245. The van der Waals surface area contributed by atoms with Crippen LogP contribution in [0.4, 0.5) is 13.2 Å². The second kappa shape index (κ2) is 11.8. The molecule has 0 bridgehead atoms. The highest BCUT2D eigenvalue weighted by atomic mass is 19.4. The molecule has 0 spiro atoms. The molecule has 3 aromatic rings. The van der Waals surface area contributed by atoms with E-state index in [1.807, 2.05) is 39.8 Å². The minimum Gasteiger partial charge on any atom is -0.493 e. The van der Waals surface area contributed by atoms with Crippen LogP contribution in [-0.2, 0) is 11.1 Å². The molecular weight excluding hydrogens is 533 g/mol. The number of carbonyl (C=O) groups is 1. The molecule has 4 rings (SSSR count). The van der Waals surface area contributed by atoms with Gasteiger partial charge >= 0.3 is 6.18 Å². The van der Waals surface area contributed by atoms with E-state index in [9.17, 15) is 23.1 Å². The largest absolute Gasteiger partial charge is 0.493 e. The monoisotopic (exact) mass is 570 g/mol. The number of rotatable bonds is 12. The van der Waals surface area contributed by atoms with Gasteiger partial charge in [-0.2, -0.15) is 13.2 Å². The molecule has 2 aromatic carbocycles. The predicted octanol–water partition coefficient (Wildman–Crippen LogP) is 6.86. The van der Waals surface area contributed by atoms with Crippen LogP contribution in [0.25, 0.3) is 11.3 Å². The number of ether oxygens (including phenoxy) is 2. The van der Waals surface area contributed by atoms with Gasteiger partial charge in [-0.25, -0.2) is 4.98 Å². The maximum Gasteiger partial charge on any atom is 0.422 e. The number of pyridine rings is 1. The number of nitrogens with one attached hydrogen (secondary N) is 1. The first-order valence-electron chi connectivity index (χ1n) is 13.8. The number of alkyl halides is 3. The molecule has 220 valence electrons. The van der Waals surface area contributed by atoms with Crippen LogP contribution in [0.3, 0.4) is 0 Å². The quantitative estimate of drug-likeness (QED) is 0.232. The van der Waals surface area contributed by atoms with Crippen LogP contribution in [0.15, 0.2) is 54.6 Å². The number of hydrogen-bond donors (Lipinski definition) is 2. The summed E-state index contributed by atoms with van der Waals surface area (Å²) in [6, 6.07) is 14.8. The lowest BCUT2D eigenvalue weighted by Gasteiger charge is -2.33. The van der Waals surface area contributed by atoms with Crippen LogP contribution in [-0.4, -0.2) is 41.8 Å². The van der Waals surface area contributed by atoms with Gasteiger partial charge in [0.15, 0.2) is 17.3 Å². The van der Waals surface area contributed by atoms with Crippen LogP contribution in [0, 0.1) is 6.92 Å². The van der Waals surface area contributed by atoms with Crippen LogP contribution in [0.5, 0.6) is 11.5 Å². The number of Topliss-reactive ketones (excluding diaryl/α,β-unsaturated/α-hetero) is 1. The van der Waals surface area contributed by atoms with Crippen LogP contribution < -0.4 is 14.8 Å². The molecular formula is C32H37F3N2O4. The number of aryl methyl sites for hydroxylation is 1. The Kier molecular flexibility index (Phi) is 8.80. The van der Waals surface area contributed by atoms with Crippen molar-refractivity contribution >= 4 is 5.78 Å². The van der Waals surface area contributed by atoms with Crippen molar-refractivity contribution in [1.82, 2.24) is 10.3 Å². The third kappa shape index (κ3) is 6.90. The average Bonchev–Trinajstić information content (AvgIpc) is 3.75. The molecule has 0 saturated heterocycles. The fourth-order valence-corrected chi connectivity index (χ4v) is 4.68. The Morgan fingerprint density at radius 1 is 1.05 bits per heavy atom. The van der Waals surface area contributed by atoms with Gasteiger partial charge in [-0.1, -0.05) is 36.8 Å². The molecule has 1 aliphatic carbocycles. The fraction of sp³-hybridized carbons (Fsp3) is 0.438. The predicted molar refractivity (Wildman–Crippen MR) is 151 cm³/mol. The van der Waals surface area contributed by atoms with E-state index in [4.69, 9.17) is 9.47 Å². The molecule has 1 atom stereocenters. The number of aliphatic hydroxyl groups is 1. The van der Waals surface area contributed by atoms with Gasteiger partial charge in [-0.15, -0.1) is 0 Å². The average molecular weight is 571 g/mol. The third-order valence-corrected chi connectivity index (χ3v) is 7.42. The van der Waals surface area contributed by atoms with Gasteiger partial charge in [0.05, 0.1) is 24.6 Å². The van der Waals surface area contributed by atoms with Crippen molar-refractivity contribution in [3.8, 4) is 22.8 Å². The summed E-state index contributed by atoms with van der Waals surface area (Å²) in [5.41, 5.74) is -2.01. The summed E-state index contributed by atoms with van der Waals surface area (Å²) in [5, 5.41) is 14.6. The highest BCUT2D eigenvalue weighted by molar-refractivity contribution is 5.96. The summed E-state index contributed by atoms with van der Waals surface area (Å²) in [6.45, 7) is 8.11. The highest BCUT2D eigenvalue weighted by Crippen LogP contribution is 2.44.